The maximum Gasteiger partial charge on any atom is 0.326 e. The zero-order valence-corrected chi connectivity index (χ0v) is 9.60. The van der Waals surface area contributed by atoms with Crippen LogP contribution in [0, 0.1) is 5.92 Å². The van der Waals surface area contributed by atoms with Gasteiger partial charge >= 0.3 is 12.0 Å². The monoisotopic (exact) mass is 243 g/mol. The van der Waals surface area contributed by atoms with E-state index in [1.807, 2.05) is 6.92 Å². The van der Waals surface area contributed by atoms with Crippen LogP contribution in [0.2, 0.25) is 0 Å². The lowest BCUT2D eigenvalue weighted by Gasteiger charge is -2.13. The van der Waals surface area contributed by atoms with E-state index >= 15 is 0 Å². The summed E-state index contributed by atoms with van der Waals surface area (Å²) in [5, 5.41) is 13.6. The predicted molar refractivity (Wildman–Crippen MR) is 59.1 cm³/mol. The fourth-order valence-corrected chi connectivity index (χ4v) is 1.65. The van der Waals surface area contributed by atoms with E-state index in [2.05, 4.69) is 10.6 Å². The van der Waals surface area contributed by atoms with Crippen LogP contribution in [0.25, 0.3) is 0 Å². The summed E-state index contributed by atoms with van der Waals surface area (Å²) < 4.78 is 0. The summed E-state index contributed by atoms with van der Waals surface area (Å²) in [7, 11) is 0. The topological polar surface area (TPSA) is 122 Å². The number of rotatable bonds is 6. The van der Waals surface area contributed by atoms with Crippen LogP contribution in [-0.2, 0) is 9.59 Å². The lowest BCUT2D eigenvalue weighted by molar-refractivity contribution is -0.140. The van der Waals surface area contributed by atoms with Crippen LogP contribution < -0.4 is 16.4 Å². The molecule has 1 rings (SSSR count). The molecule has 3 atom stereocenters. The third-order valence-electron chi connectivity index (χ3n) is 2.77. The number of aliphatic carboxylic acids is 1. The number of nitrogens with two attached hydrogens (primary N) is 1. The van der Waals surface area contributed by atoms with Gasteiger partial charge in [0.25, 0.3) is 0 Å². The van der Waals surface area contributed by atoms with E-state index in [0.717, 1.165) is 12.8 Å². The molecule has 3 amide bonds. The van der Waals surface area contributed by atoms with Crippen LogP contribution in [-0.4, -0.2) is 35.1 Å². The lowest BCUT2D eigenvalue weighted by atomic mass is 10.2. The number of carbonyl (C=O) groups is 3. The minimum absolute atomic E-state index is 0.114. The highest BCUT2D eigenvalue weighted by atomic mass is 16.4. The largest absolute Gasteiger partial charge is 0.480 e. The summed E-state index contributed by atoms with van der Waals surface area (Å²) in [5.41, 5.74) is 4.89. The van der Waals surface area contributed by atoms with E-state index in [0.29, 0.717) is 5.92 Å². The Morgan fingerprint density at radius 2 is 2.12 bits per heavy atom. The number of carboxylic acids is 1. The molecular formula is C10H17N3O4. The Labute approximate surface area is 98.7 Å². The van der Waals surface area contributed by atoms with Crippen molar-refractivity contribution in [1.29, 1.82) is 0 Å². The Hall–Kier alpha value is -1.79. The van der Waals surface area contributed by atoms with Gasteiger partial charge in [-0.1, -0.05) is 13.3 Å². The molecule has 0 radical (unpaired) electrons. The molecule has 17 heavy (non-hydrogen) atoms. The second-order valence-electron chi connectivity index (χ2n) is 4.19. The zero-order chi connectivity index (χ0) is 13.0. The Morgan fingerprint density at radius 3 is 2.53 bits per heavy atom. The van der Waals surface area contributed by atoms with Gasteiger partial charge in [0, 0.05) is 6.04 Å². The van der Waals surface area contributed by atoms with Gasteiger partial charge in [-0.2, -0.15) is 0 Å². The molecule has 0 aromatic heterocycles. The van der Waals surface area contributed by atoms with Gasteiger partial charge in [-0.3, -0.25) is 4.79 Å². The minimum Gasteiger partial charge on any atom is -0.480 e. The zero-order valence-electron chi connectivity index (χ0n) is 9.60. The number of primary amides is 1. The highest BCUT2D eigenvalue weighted by Crippen LogP contribution is 2.32. The minimum atomic E-state index is -1.28. The van der Waals surface area contributed by atoms with Crippen molar-refractivity contribution < 1.29 is 19.5 Å². The van der Waals surface area contributed by atoms with Crippen molar-refractivity contribution in [1.82, 2.24) is 10.6 Å². The quantitative estimate of drug-likeness (QED) is 0.498. The lowest BCUT2D eigenvalue weighted by Crippen LogP contribution is -2.48. The van der Waals surface area contributed by atoms with E-state index in [9.17, 15) is 14.4 Å². The molecule has 0 aromatic rings. The summed E-state index contributed by atoms with van der Waals surface area (Å²) in [6.45, 7) is 2.03. The fraction of sp³-hybridized carbons (Fsp3) is 0.700. The molecule has 1 fully saturated rings. The maximum absolute atomic E-state index is 11.4. The van der Waals surface area contributed by atoms with Crippen molar-refractivity contribution in [3.63, 3.8) is 0 Å². The smallest absolute Gasteiger partial charge is 0.326 e. The van der Waals surface area contributed by atoms with E-state index < -0.39 is 30.4 Å². The van der Waals surface area contributed by atoms with E-state index in [1.165, 1.54) is 0 Å². The molecule has 1 aliphatic rings. The normalized spacial score (nSPS) is 23.6. The van der Waals surface area contributed by atoms with Crippen LogP contribution in [0.3, 0.4) is 0 Å². The van der Waals surface area contributed by atoms with Gasteiger partial charge < -0.3 is 21.5 Å². The molecule has 0 heterocycles. The number of hydrogen-bond donors (Lipinski definition) is 4. The van der Waals surface area contributed by atoms with Crippen molar-refractivity contribution in [2.45, 2.75) is 38.3 Å². The molecule has 7 nitrogen and oxygen atoms in total. The number of carbonyl (C=O) groups excluding carboxylic acids is 2. The van der Waals surface area contributed by atoms with Crippen LogP contribution in [0.5, 0.6) is 0 Å². The van der Waals surface area contributed by atoms with Gasteiger partial charge in [-0.25, -0.2) is 9.59 Å². The van der Waals surface area contributed by atoms with Crippen LogP contribution in [0.1, 0.15) is 26.2 Å². The third-order valence-corrected chi connectivity index (χ3v) is 2.77. The highest BCUT2D eigenvalue weighted by molar-refractivity contribution is 5.87. The molecule has 5 N–H and O–H groups in total. The second-order valence-corrected chi connectivity index (χ2v) is 4.19. The molecule has 96 valence electrons. The first-order valence-corrected chi connectivity index (χ1v) is 5.52. The molecule has 0 saturated heterocycles. The Bertz CT molecular complexity index is 332. The van der Waals surface area contributed by atoms with E-state index in [4.69, 9.17) is 10.8 Å². The van der Waals surface area contributed by atoms with Crippen molar-refractivity contribution in [2.75, 3.05) is 0 Å². The van der Waals surface area contributed by atoms with Crippen molar-refractivity contribution in [3.8, 4) is 0 Å². The molecule has 2 unspecified atom stereocenters. The fourth-order valence-electron chi connectivity index (χ4n) is 1.65. The van der Waals surface area contributed by atoms with Gasteiger partial charge in [-0.05, 0) is 12.3 Å². The molecule has 0 bridgehead atoms. The van der Waals surface area contributed by atoms with Crippen LogP contribution in [0.15, 0.2) is 0 Å². The first kappa shape index (κ1) is 13.3. The standard InChI is InChI=1S/C10H17N3O4/c1-2-5-3-6(5)12-10(17)13-7(9(15)16)4-8(11)14/h5-7H,2-4H2,1H3,(H2,11,14)(H,15,16)(H2,12,13,17)/t5?,6?,7-/m0/s1. The number of amides is 3. The average molecular weight is 243 g/mol. The van der Waals surface area contributed by atoms with E-state index in [-0.39, 0.29) is 6.04 Å². The summed E-state index contributed by atoms with van der Waals surface area (Å²) in [6, 6.07) is -1.73. The number of urea groups is 1. The van der Waals surface area contributed by atoms with Crippen LogP contribution in [0.4, 0.5) is 4.79 Å². The van der Waals surface area contributed by atoms with Gasteiger partial charge in [0.05, 0.1) is 6.42 Å². The van der Waals surface area contributed by atoms with Gasteiger partial charge in [0.1, 0.15) is 6.04 Å². The first-order chi connectivity index (χ1) is 7.93. The Balaban J connectivity index is 2.36. The third kappa shape index (κ3) is 4.29. The van der Waals surface area contributed by atoms with E-state index in [1.54, 1.807) is 0 Å². The Kier molecular flexibility index (Phi) is 4.30. The molecule has 0 aliphatic heterocycles. The maximum atomic E-state index is 11.4. The summed E-state index contributed by atoms with van der Waals surface area (Å²) in [4.78, 5) is 32.8. The SMILES string of the molecule is CCC1CC1NC(=O)N[C@@H](CC(N)=O)C(=O)O. The number of hydrogen-bond acceptors (Lipinski definition) is 3. The Morgan fingerprint density at radius 1 is 1.47 bits per heavy atom. The van der Waals surface area contributed by atoms with Crippen molar-refractivity contribution >= 4 is 17.9 Å². The number of nitrogens with one attached hydrogen (secondary N) is 2. The molecule has 1 aliphatic carbocycles. The molecule has 1 saturated carbocycles. The summed E-state index contributed by atoms with van der Waals surface area (Å²) in [6.07, 6.45) is 1.48. The molecule has 0 spiro atoms. The average Bonchev–Trinajstić information content (AvgIpc) is 2.94. The summed E-state index contributed by atoms with van der Waals surface area (Å²) in [5.74, 6) is -1.57. The highest BCUT2D eigenvalue weighted by Gasteiger charge is 2.37. The second kappa shape index (κ2) is 5.51. The summed E-state index contributed by atoms with van der Waals surface area (Å²) >= 11 is 0. The number of carboxylic acid groups (broad SMARTS) is 1. The molecular weight excluding hydrogens is 226 g/mol. The van der Waals surface area contributed by atoms with Gasteiger partial charge in [-0.15, -0.1) is 0 Å². The molecule has 7 heteroatoms. The molecule has 0 aromatic carbocycles. The first-order valence-electron chi connectivity index (χ1n) is 5.52. The van der Waals surface area contributed by atoms with Crippen molar-refractivity contribution in [2.24, 2.45) is 11.7 Å². The van der Waals surface area contributed by atoms with Crippen molar-refractivity contribution in [3.05, 3.63) is 0 Å². The predicted octanol–water partition coefficient (Wildman–Crippen LogP) is -0.587. The van der Waals surface area contributed by atoms with Gasteiger partial charge in [0.15, 0.2) is 0 Å². The van der Waals surface area contributed by atoms with Crippen LogP contribution >= 0.6 is 0 Å². The van der Waals surface area contributed by atoms with Gasteiger partial charge in [0.2, 0.25) is 5.91 Å².